The van der Waals surface area contributed by atoms with Crippen molar-refractivity contribution in [2.45, 2.75) is 26.7 Å². The Kier molecular flexibility index (Phi) is 6.02. The summed E-state index contributed by atoms with van der Waals surface area (Å²) in [6.07, 6.45) is 1.38. The number of hydrogen-bond acceptors (Lipinski definition) is 3. The van der Waals surface area contributed by atoms with Crippen LogP contribution >= 0.6 is 0 Å². The van der Waals surface area contributed by atoms with Crippen molar-refractivity contribution < 1.29 is 9.59 Å². The Morgan fingerprint density at radius 3 is 2.32 bits per heavy atom. The fraction of sp³-hybridized carbons (Fsp3) is 0.714. The second kappa shape index (κ2) is 7.28. The molecule has 2 N–H and O–H groups in total. The third-order valence-electron chi connectivity index (χ3n) is 3.55. The van der Waals surface area contributed by atoms with E-state index in [0.29, 0.717) is 32.5 Å². The minimum atomic E-state index is -0.246. The topological polar surface area (TPSA) is 66.6 Å². The molecule has 1 saturated heterocycles. The molecule has 0 saturated carbocycles. The van der Waals surface area contributed by atoms with Crippen molar-refractivity contribution in [2.75, 3.05) is 32.7 Å². The molecule has 5 heteroatoms. The number of piperidine rings is 1. The molecular weight excluding hydrogens is 242 g/mol. The molecule has 108 valence electrons. The molecule has 0 unspecified atom stereocenters. The SMILES string of the molecule is C=C(C)CN(CC)CC(=O)N1CCC(C(N)=O)CC1. The lowest BCUT2D eigenvalue weighted by Crippen LogP contribution is -2.46. The van der Waals surface area contributed by atoms with Crippen molar-refractivity contribution in [3.05, 3.63) is 12.2 Å². The average Bonchev–Trinajstić information content (AvgIpc) is 2.37. The van der Waals surface area contributed by atoms with Crippen LogP contribution in [0.2, 0.25) is 0 Å². The summed E-state index contributed by atoms with van der Waals surface area (Å²) < 4.78 is 0. The van der Waals surface area contributed by atoms with Crippen molar-refractivity contribution in [3.8, 4) is 0 Å². The van der Waals surface area contributed by atoms with E-state index in [1.54, 1.807) is 0 Å². The highest BCUT2D eigenvalue weighted by Gasteiger charge is 2.26. The summed E-state index contributed by atoms with van der Waals surface area (Å²) in [6.45, 7) is 11.1. The molecule has 0 aromatic carbocycles. The van der Waals surface area contributed by atoms with Gasteiger partial charge in [0.2, 0.25) is 11.8 Å². The molecule has 1 aliphatic heterocycles. The summed E-state index contributed by atoms with van der Waals surface area (Å²) in [6, 6.07) is 0. The van der Waals surface area contributed by atoms with Crippen LogP contribution in [0.5, 0.6) is 0 Å². The predicted molar refractivity (Wildman–Crippen MR) is 75.4 cm³/mol. The molecule has 0 atom stereocenters. The second-order valence-electron chi connectivity index (χ2n) is 5.32. The zero-order valence-electron chi connectivity index (χ0n) is 12.0. The standard InChI is InChI=1S/C14H25N3O2/c1-4-16(9-11(2)3)10-13(18)17-7-5-12(6-8-17)14(15)19/h12H,2,4-10H2,1,3H3,(H2,15,19). The third-order valence-corrected chi connectivity index (χ3v) is 3.55. The van der Waals surface area contributed by atoms with E-state index in [0.717, 1.165) is 18.7 Å². The number of primary amides is 1. The summed E-state index contributed by atoms with van der Waals surface area (Å²) >= 11 is 0. The normalized spacial score (nSPS) is 16.7. The molecule has 1 fully saturated rings. The van der Waals surface area contributed by atoms with Gasteiger partial charge in [0.05, 0.1) is 6.54 Å². The molecule has 1 aliphatic rings. The van der Waals surface area contributed by atoms with Crippen LogP contribution in [0.25, 0.3) is 0 Å². The minimum absolute atomic E-state index is 0.0678. The highest BCUT2D eigenvalue weighted by atomic mass is 16.2. The van der Waals surface area contributed by atoms with Crippen molar-refractivity contribution in [2.24, 2.45) is 11.7 Å². The lowest BCUT2D eigenvalue weighted by Gasteiger charge is -2.32. The number of likely N-dealkylation sites (tertiary alicyclic amines) is 1. The Morgan fingerprint density at radius 1 is 1.32 bits per heavy atom. The van der Waals surface area contributed by atoms with Gasteiger partial charge in [-0.05, 0) is 26.3 Å². The van der Waals surface area contributed by atoms with Gasteiger partial charge < -0.3 is 10.6 Å². The van der Waals surface area contributed by atoms with Gasteiger partial charge in [0.25, 0.3) is 0 Å². The minimum Gasteiger partial charge on any atom is -0.369 e. The zero-order chi connectivity index (χ0) is 14.4. The number of carbonyl (C=O) groups excluding carboxylic acids is 2. The van der Waals surface area contributed by atoms with Gasteiger partial charge in [-0.3, -0.25) is 14.5 Å². The predicted octanol–water partition coefficient (Wildman–Crippen LogP) is 0.608. The summed E-state index contributed by atoms with van der Waals surface area (Å²) in [5.74, 6) is -0.183. The lowest BCUT2D eigenvalue weighted by atomic mass is 9.96. The van der Waals surface area contributed by atoms with E-state index in [-0.39, 0.29) is 17.7 Å². The summed E-state index contributed by atoms with van der Waals surface area (Å²) in [5, 5.41) is 0. The van der Waals surface area contributed by atoms with Gasteiger partial charge in [0.1, 0.15) is 0 Å². The molecule has 5 nitrogen and oxygen atoms in total. The van der Waals surface area contributed by atoms with Crippen LogP contribution in [0.4, 0.5) is 0 Å². The molecule has 0 bridgehead atoms. The molecular formula is C14H25N3O2. The van der Waals surface area contributed by atoms with Crippen LogP contribution in [0.1, 0.15) is 26.7 Å². The first-order valence-corrected chi connectivity index (χ1v) is 6.87. The van der Waals surface area contributed by atoms with Crippen LogP contribution in [0.3, 0.4) is 0 Å². The van der Waals surface area contributed by atoms with E-state index in [9.17, 15) is 9.59 Å². The van der Waals surface area contributed by atoms with E-state index >= 15 is 0 Å². The number of amides is 2. The number of likely N-dealkylation sites (N-methyl/N-ethyl adjacent to an activating group) is 1. The first-order chi connectivity index (χ1) is 8.93. The Balaban J connectivity index is 2.42. The van der Waals surface area contributed by atoms with E-state index in [1.165, 1.54) is 0 Å². The van der Waals surface area contributed by atoms with E-state index in [1.807, 2.05) is 18.7 Å². The van der Waals surface area contributed by atoms with Gasteiger partial charge in [-0.2, -0.15) is 0 Å². The van der Waals surface area contributed by atoms with Crippen molar-refractivity contribution in [3.63, 3.8) is 0 Å². The fourth-order valence-electron chi connectivity index (χ4n) is 2.37. The number of hydrogen-bond donors (Lipinski definition) is 1. The van der Waals surface area contributed by atoms with Crippen molar-refractivity contribution in [1.29, 1.82) is 0 Å². The molecule has 0 radical (unpaired) electrons. The number of carbonyl (C=O) groups is 2. The molecule has 0 aromatic heterocycles. The van der Waals surface area contributed by atoms with Crippen molar-refractivity contribution in [1.82, 2.24) is 9.80 Å². The highest BCUT2D eigenvalue weighted by Crippen LogP contribution is 2.16. The fourth-order valence-corrected chi connectivity index (χ4v) is 2.37. The van der Waals surface area contributed by atoms with Crippen molar-refractivity contribution >= 4 is 11.8 Å². The zero-order valence-corrected chi connectivity index (χ0v) is 12.0. The van der Waals surface area contributed by atoms with E-state index in [2.05, 4.69) is 11.5 Å². The first kappa shape index (κ1) is 15.7. The number of nitrogens with zero attached hydrogens (tertiary/aromatic N) is 2. The second-order valence-corrected chi connectivity index (χ2v) is 5.32. The summed E-state index contributed by atoms with van der Waals surface area (Å²) in [5.41, 5.74) is 6.34. The van der Waals surface area contributed by atoms with Gasteiger partial charge in [-0.15, -0.1) is 0 Å². The molecule has 1 heterocycles. The highest BCUT2D eigenvalue weighted by molar-refractivity contribution is 5.80. The average molecular weight is 267 g/mol. The van der Waals surface area contributed by atoms with Gasteiger partial charge in [0.15, 0.2) is 0 Å². The maximum absolute atomic E-state index is 12.2. The van der Waals surface area contributed by atoms with Gasteiger partial charge in [0, 0.05) is 25.6 Å². The maximum Gasteiger partial charge on any atom is 0.236 e. The number of nitrogens with two attached hydrogens (primary N) is 1. The van der Waals surface area contributed by atoms with Crippen LogP contribution in [-0.2, 0) is 9.59 Å². The third kappa shape index (κ3) is 5.03. The Morgan fingerprint density at radius 2 is 1.89 bits per heavy atom. The van der Waals surface area contributed by atoms with Crippen LogP contribution < -0.4 is 5.73 Å². The van der Waals surface area contributed by atoms with Gasteiger partial charge in [-0.25, -0.2) is 0 Å². The molecule has 2 amide bonds. The van der Waals surface area contributed by atoms with Crippen LogP contribution in [-0.4, -0.2) is 54.3 Å². The smallest absolute Gasteiger partial charge is 0.236 e. The Bertz CT molecular complexity index is 347. The van der Waals surface area contributed by atoms with Gasteiger partial charge in [-0.1, -0.05) is 19.1 Å². The Hall–Kier alpha value is -1.36. The van der Waals surface area contributed by atoms with Gasteiger partial charge >= 0.3 is 0 Å². The van der Waals surface area contributed by atoms with Crippen LogP contribution in [0.15, 0.2) is 12.2 Å². The summed E-state index contributed by atoms with van der Waals surface area (Å²) in [7, 11) is 0. The van der Waals surface area contributed by atoms with E-state index in [4.69, 9.17) is 5.73 Å². The largest absolute Gasteiger partial charge is 0.369 e. The van der Waals surface area contributed by atoms with E-state index < -0.39 is 0 Å². The monoisotopic (exact) mass is 267 g/mol. The molecule has 19 heavy (non-hydrogen) atoms. The maximum atomic E-state index is 12.2. The summed E-state index contributed by atoms with van der Waals surface area (Å²) in [4.78, 5) is 27.1. The first-order valence-electron chi connectivity index (χ1n) is 6.87. The molecule has 0 aromatic rings. The molecule has 0 spiro atoms. The molecule has 1 rings (SSSR count). The lowest BCUT2D eigenvalue weighted by molar-refractivity contribution is -0.135. The van der Waals surface area contributed by atoms with Crippen LogP contribution in [0, 0.1) is 5.92 Å². The Labute approximate surface area is 115 Å². The molecule has 0 aliphatic carbocycles. The number of rotatable bonds is 6. The quantitative estimate of drug-likeness (QED) is 0.717.